The van der Waals surface area contributed by atoms with Gasteiger partial charge in [0, 0.05) is 44.2 Å². The summed E-state index contributed by atoms with van der Waals surface area (Å²) in [5.41, 5.74) is 0.850. The molecular weight excluding hydrogens is 306 g/mol. The molecule has 0 spiro atoms. The molecule has 6 nitrogen and oxygen atoms in total. The average molecular weight is 326 g/mol. The number of anilines is 1. The fraction of sp³-hybridized carbons (Fsp3) is 0.667. The Kier molecular flexibility index (Phi) is 4.43. The quantitative estimate of drug-likeness (QED) is 0.819. The SMILES string of the molecule is Cc1cc(N2CCOC(C(=O)N3CCC(F)(F)CC3)C2)ncn1. The normalized spacial score (nSPS) is 24.6. The van der Waals surface area contributed by atoms with Crippen molar-refractivity contribution in [3.05, 3.63) is 18.1 Å². The van der Waals surface area contributed by atoms with Gasteiger partial charge in [0.1, 0.15) is 12.1 Å². The highest BCUT2D eigenvalue weighted by molar-refractivity contribution is 5.82. The molecule has 2 fully saturated rings. The Balaban J connectivity index is 1.63. The highest BCUT2D eigenvalue weighted by atomic mass is 19.3. The molecule has 2 aliphatic rings. The number of carbonyl (C=O) groups is 1. The van der Waals surface area contributed by atoms with Crippen molar-refractivity contribution in [2.45, 2.75) is 31.8 Å². The van der Waals surface area contributed by atoms with Crippen LogP contribution < -0.4 is 4.90 Å². The van der Waals surface area contributed by atoms with Crippen molar-refractivity contribution in [2.24, 2.45) is 0 Å². The molecule has 1 amide bonds. The van der Waals surface area contributed by atoms with E-state index in [9.17, 15) is 13.6 Å². The summed E-state index contributed by atoms with van der Waals surface area (Å²) < 4.78 is 32.0. The first-order chi connectivity index (χ1) is 10.9. The summed E-state index contributed by atoms with van der Waals surface area (Å²) in [4.78, 5) is 24.2. The van der Waals surface area contributed by atoms with Gasteiger partial charge >= 0.3 is 0 Å². The van der Waals surface area contributed by atoms with Gasteiger partial charge < -0.3 is 14.5 Å². The summed E-state index contributed by atoms with van der Waals surface area (Å²) in [7, 11) is 0. The van der Waals surface area contributed by atoms with Gasteiger partial charge in [-0.3, -0.25) is 4.79 Å². The van der Waals surface area contributed by atoms with Gasteiger partial charge in [-0.1, -0.05) is 0 Å². The fourth-order valence-corrected chi connectivity index (χ4v) is 2.88. The Hall–Kier alpha value is -1.83. The number of carbonyl (C=O) groups excluding carboxylic acids is 1. The minimum Gasteiger partial charge on any atom is -0.365 e. The third kappa shape index (κ3) is 3.74. The molecule has 3 rings (SSSR count). The molecule has 0 bridgehead atoms. The predicted octanol–water partition coefficient (Wildman–Crippen LogP) is 1.25. The van der Waals surface area contributed by atoms with Crippen molar-refractivity contribution in [3.63, 3.8) is 0 Å². The number of morpholine rings is 1. The van der Waals surface area contributed by atoms with Crippen LogP contribution in [0, 0.1) is 6.92 Å². The second kappa shape index (κ2) is 6.35. The lowest BCUT2D eigenvalue weighted by Crippen LogP contribution is -2.53. The number of halogens is 2. The number of hydrogen-bond donors (Lipinski definition) is 0. The molecule has 8 heteroatoms. The van der Waals surface area contributed by atoms with Crippen LogP contribution in [0.15, 0.2) is 12.4 Å². The number of likely N-dealkylation sites (tertiary alicyclic amines) is 1. The largest absolute Gasteiger partial charge is 0.365 e. The number of nitrogens with zero attached hydrogens (tertiary/aromatic N) is 4. The van der Waals surface area contributed by atoms with Crippen LogP contribution in [-0.4, -0.2) is 65.6 Å². The van der Waals surface area contributed by atoms with Crippen LogP contribution in [0.1, 0.15) is 18.5 Å². The summed E-state index contributed by atoms with van der Waals surface area (Å²) >= 11 is 0. The first-order valence-electron chi connectivity index (χ1n) is 7.76. The lowest BCUT2D eigenvalue weighted by molar-refractivity contribution is -0.150. The molecule has 1 aromatic heterocycles. The van der Waals surface area contributed by atoms with Crippen LogP contribution in [0.25, 0.3) is 0 Å². The molecule has 0 saturated carbocycles. The number of aromatic nitrogens is 2. The zero-order chi connectivity index (χ0) is 16.4. The van der Waals surface area contributed by atoms with E-state index in [4.69, 9.17) is 4.74 Å². The Morgan fingerprint density at radius 3 is 2.74 bits per heavy atom. The number of hydrogen-bond acceptors (Lipinski definition) is 5. The van der Waals surface area contributed by atoms with Crippen LogP contribution in [0.3, 0.4) is 0 Å². The smallest absolute Gasteiger partial charge is 0.253 e. The third-order valence-electron chi connectivity index (χ3n) is 4.26. The summed E-state index contributed by atoms with van der Waals surface area (Å²) in [5.74, 6) is -2.12. The zero-order valence-corrected chi connectivity index (χ0v) is 13.0. The highest BCUT2D eigenvalue weighted by Crippen LogP contribution is 2.28. The molecule has 1 unspecified atom stereocenters. The molecule has 1 aromatic rings. The van der Waals surface area contributed by atoms with Gasteiger partial charge in [-0.25, -0.2) is 18.7 Å². The predicted molar refractivity (Wildman–Crippen MR) is 79.5 cm³/mol. The van der Waals surface area contributed by atoms with E-state index >= 15 is 0 Å². The fourth-order valence-electron chi connectivity index (χ4n) is 2.88. The van der Waals surface area contributed by atoms with E-state index in [2.05, 4.69) is 9.97 Å². The van der Waals surface area contributed by atoms with Gasteiger partial charge in [-0.05, 0) is 6.92 Å². The van der Waals surface area contributed by atoms with E-state index in [-0.39, 0.29) is 31.8 Å². The van der Waals surface area contributed by atoms with E-state index < -0.39 is 12.0 Å². The lowest BCUT2D eigenvalue weighted by atomic mass is 10.1. The molecule has 1 atom stereocenters. The second-order valence-electron chi connectivity index (χ2n) is 6.00. The molecule has 0 aliphatic carbocycles. The summed E-state index contributed by atoms with van der Waals surface area (Å²) in [6.07, 6.45) is 0.301. The minimum absolute atomic E-state index is 0.0817. The van der Waals surface area contributed by atoms with Gasteiger partial charge in [-0.15, -0.1) is 0 Å². The second-order valence-corrected chi connectivity index (χ2v) is 6.00. The van der Waals surface area contributed by atoms with E-state index in [0.29, 0.717) is 19.7 Å². The minimum atomic E-state index is -2.66. The molecule has 126 valence electrons. The molecule has 2 saturated heterocycles. The number of rotatable bonds is 2. The standard InChI is InChI=1S/C15H20F2N4O2/c1-11-8-13(19-10-18-11)21-6-7-23-12(9-21)14(22)20-4-2-15(16,17)3-5-20/h8,10,12H,2-7,9H2,1H3. The van der Waals surface area contributed by atoms with Gasteiger partial charge in [0.15, 0.2) is 6.10 Å². The third-order valence-corrected chi connectivity index (χ3v) is 4.26. The van der Waals surface area contributed by atoms with E-state index in [0.717, 1.165) is 11.5 Å². The molecule has 23 heavy (non-hydrogen) atoms. The Morgan fingerprint density at radius 2 is 2.04 bits per heavy atom. The lowest BCUT2D eigenvalue weighted by Gasteiger charge is -2.38. The molecule has 3 heterocycles. The molecule has 0 N–H and O–H groups in total. The summed E-state index contributed by atoms with van der Waals surface area (Å²) in [6, 6.07) is 1.86. The molecule has 0 aromatic carbocycles. The molecule has 2 aliphatic heterocycles. The Labute approximate surface area is 133 Å². The monoisotopic (exact) mass is 326 g/mol. The van der Waals surface area contributed by atoms with E-state index in [1.807, 2.05) is 17.9 Å². The molecule has 0 radical (unpaired) electrons. The van der Waals surface area contributed by atoms with Crippen molar-refractivity contribution < 1.29 is 18.3 Å². The molecular formula is C15H20F2N4O2. The summed E-state index contributed by atoms with van der Waals surface area (Å²) in [6.45, 7) is 3.46. The first-order valence-corrected chi connectivity index (χ1v) is 7.76. The van der Waals surface area contributed by atoms with Crippen molar-refractivity contribution in [1.82, 2.24) is 14.9 Å². The number of ether oxygens (including phenoxy) is 1. The van der Waals surface area contributed by atoms with Crippen LogP contribution in [0.4, 0.5) is 14.6 Å². The van der Waals surface area contributed by atoms with Crippen molar-refractivity contribution >= 4 is 11.7 Å². The number of aryl methyl sites for hydroxylation is 1. The van der Waals surface area contributed by atoms with Crippen LogP contribution in [0.5, 0.6) is 0 Å². The number of alkyl halides is 2. The Morgan fingerprint density at radius 1 is 1.30 bits per heavy atom. The van der Waals surface area contributed by atoms with Crippen LogP contribution in [-0.2, 0) is 9.53 Å². The topological polar surface area (TPSA) is 58.6 Å². The van der Waals surface area contributed by atoms with E-state index in [1.165, 1.54) is 11.2 Å². The van der Waals surface area contributed by atoms with Gasteiger partial charge in [0.2, 0.25) is 0 Å². The van der Waals surface area contributed by atoms with Crippen molar-refractivity contribution in [3.8, 4) is 0 Å². The first kappa shape index (κ1) is 16.0. The number of amides is 1. The number of piperidine rings is 1. The van der Waals surface area contributed by atoms with Gasteiger partial charge in [0.05, 0.1) is 13.2 Å². The van der Waals surface area contributed by atoms with Crippen LogP contribution >= 0.6 is 0 Å². The van der Waals surface area contributed by atoms with E-state index in [1.54, 1.807) is 0 Å². The zero-order valence-electron chi connectivity index (χ0n) is 13.0. The van der Waals surface area contributed by atoms with Gasteiger partial charge in [-0.2, -0.15) is 0 Å². The van der Waals surface area contributed by atoms with Gasteiger partial charge in [0.25, 0.3) is 11.8 Å². The van der Waals surface area contributed by atoms with Crippen molar-refractivity contribution in [2.75, 3.05) is 37.7 Å². The maximum Gasteiger partial charge on any atom is 0.253 e. The highest BCUT2D eigenvalue weighted by Gasteiger charge is 2.38. The van der Waals surface area contributed by atoms with Crippen molar-refractivity contribution in [1.29, 1.82) is 0 Å². The Bertz CT molecular complexity index is 574. The maximum atomic E-state index is 13.2. The summed E-state index contributed by atoms with van der Waals surface area (Å²) in [5, 5.41) is 0. The maximum absolute atomic E-state index is 13.2. The average Bonchev–Trinajstić information content (AvgIpc) is 2.54. The van der Waals surface area contributed by atoms with Crippen LogP contribution in [0.2, 0.25) is 0 Å².